The second kappa shape index (κ2) is 3.53. The van der Waals surface area contributed by atoms with Crippen LogP contribution in [0.3, 0.4) is 0 Å². The predicted molar refractivity (Wildman–Crippen MR) is 53.6 cm³/mol. The quantitative estimate of drug-likeness (QED) is 0.786. The number of nitrogen functional groups attached to an aromatic ring is 1. The summed E-state index contributed by atoms with van der Waals surface area (Å²) in [6, 6.07) is 3.78. The number of pyridine rings is 1. The molecule has 13 heavy (non-hydrogen) atoms. The summed E-state index contributed by atoms with van der Waals surface area (Å²) in [5.41, 5.74) is 7.23. The van der Waals surface area contributed by atoms with Crippen molar-refractivity contribution in [3.05, 3.63) is 40.6 Å². The van der Waals surface area contributed by atoms with Crippen LogP contribution in [0.5, 0.6) is 0 Å². The molecule has 0 saturated carbocycles. The molecule has 0 radical (unpaired) electrons. The van der Waals surface area contributed by atoms with Crippen molar-refractivity contribution in [2.45, 2.75) is 6.42 Å². The van der Waals surface area contributed by atoms with Crippen LogP contribution in [0.4, 0.5) is 5.69 Å². The van der Waals surface area contributed by atoms with Crippen LogP contribution in [-0.4, -0.2) is 9.97 Å². The average molecular weight is 191 g/mol. The Bertz CT molecular complexity index is 366. The van der Waals surface area contributed by atoms with E-state index in [1.54, 1.807) is 23.7 Å². The van der Waals surface area contributed by atoms with Crippen LogP contribution in [0.25, 0.3) is 0 Å². The van der Waals surface area contributed by atoms with Gasteiger partial charge in [-0.1, -0.05) is 0 Å². The minimum absolute atomic E-state index is 0.697. The number of nitrogens with zero attached hydrogens (tertiary/aromatic N) is 2. The third-order valence-electron chi connectivity index (χ3n) is 1.66. The summed E-state index contributed by atoms with van der Waals surface area (Å²) in [6.07, 6.45) is 4.26. The first-order chi connectivity index (χ1) is 6.34. The predicted octanol–water partition coefficient (Wildman–Crippen LogP) is 1.71. The molecule has 0 atom stereocenters. The monoisotopic (exact) mass is 191 g/mol. The second-order valence-electron chi connectivity index (χ2n) is 2.69. The zero-order valence-electron chi connectivity index (χ0n) is 6.97. The number of nitrogens with two attached hydrogens (primary N) is 1. The van der Waals surface area contributed by atoms with Crippen molar-refractivity contribution in [3.63, 3.8) is 0 Å². The number of rotatable bonds is 2. The summed E-state index contributed by atoms with van der Waals surface area (Å²) >= 11 is 1.64. The van der Waals surface area contributed by atoms with E-state index < -0.39 is 0 Å². The highest BCUT2D eigenvalue weighted by Gasteiger charge is 1.98. The van der Waals surface area contributed by atoms with Crippen LogP contribution in [-0.2, 0) is 6.42 Å². The van der Waals surface area contributed by atoms with Crippen molar-refractivity contribution >= 4 is 17.0 Å². The van der Waals surface area contributed by atoms with E-state index in [1.807, 2.05) is 17.5 Å². The van der Waals surface area contributed by atoms with Gasteiger partial charge in [0.2, 0.25) is 0 Å². The fraction of sp³-hybridized carbons (Fsp3) is 0.111. The topological polar surface area (TPSA) is 51.8 Å². The highest BCUT2D eigenvalue weighted by Crippen LogP contribution is 2.10. The highest BCUT2D eigenvalue weighted by molar-refractivity contribution is 7.09. The Morgan fingerprint density at radius 2 is 2.23 bits per heavy atom. The summed E-state index contributed by atoms with van der Waals surface area (Å²) < 4.78 is 0. The molecule has 2 rings (SSSR count). The van der Waals surface area contributed by atoms with Gasteiger partial charge >= 0.3 is 0 Å². The summed E-state index contributed by atoms with van der Waals surface area (Å²) in [7, 11) is 0. The SMILES string of the molecule is Nc1ccc(Cc2nccs2)nc1. The van der Waals surface area contributed by atoms with Gasteiger partial charge < -0.3 is 5.73 Å². The summed E-state index contributed by atoms with van der Waals surface area (Å²) in [6.45, 7) is 0. The minimum atomic E-state index is 0.697. The summed E-state index contributed by atoms with van der Waals surface area (Å²) in [5.74, 6) is 0. The highest BCUT2D eigenvalue weighted by atomic mass is 32.1. The summed E-state index contributed by atoms with van der Waals surface area (Å²) in [5, 5.41) is 3.05. The minimum Gasteiger partial charge on any atom is -0.397 e. The number of aromatic nitrogens is 2. The number of hydrogen-bond acceptors (Lipinski definition) is 4. The van der Waals surface area contributed by atoms with Gasteiger partial charge in [0.05, 0.1) is 16.9 Å². The first-order valence-electron chi connectivity index (χ1n) is 3.93. The molecule has 0 aliphatic rings. The maximum atomic E-state index is 5.52. The molecule has 0 saturated heterocycles. The van der Waals surface area contributed by atoms with E-state index in [0.29, 0.717) is 5.69 Å². The molecule has 0 aliphatic carbocycles. The van der Waals surface area contributed by atoms with E-state index in [2.05, 4.69) is 9.97 Å². The lowest BCUT2D eigenvalue weighted by Gasteiger charge is -1.96. The lowest BCUT2D eigenvalue weighted by Crippen LogP contribution is -1.92. The molecule has 0 fully saturated rings. The molecule has 0 unspecified atom stereocenters. The maximum absolute atomic E-state index is 5.52. The Morgan fingerprint density at radius 3 is 2.85 bits per heavy atom. The molecule has 2 aromatic heterocycles. The molecule has 0 aromatic carbocycles. The van der Waals surface area contributed by atoms with Crippen molar-refractivity contribution in [2.75, 3.05) is 5.73 Å². The molecule has 2 aromatic rings. The number of anilines is 1. The normalized spacial score (nSPS) is 10.2. The molecule has 3 nitrogen and oxygen atoms in total. The maximum Gasteiger partial charge on any atom is 0.0984 e. The van der Waals surface area contributed by atoms with Gasteiger partial charge in [-0.25, -0.2) is 4.98 Å². The molecule has 0 bridgehead atoms. The van der Waals surface area contributed by atoms with Crippen molar-refractivity contribution in [3.8, 4) is 0 Å². The number of thiazole rings is 1. The molecule has 0 amide bonds. The first-order valence-corrected chi connectivity index (χ1v) is 4.81. The van der Waals surface area contributed by atoms with E-state index >= 15 is 0 Å². The van der Waals surface area contributed by atoms with E-state index in [9.17, 15) is 0 Å². The third-order valence-corrected chi connectivity index (χ3v) is 2.44. The van der Waals surface area contributed by atoms with E-state index in [-0.39, 0.29) is 0 Å². The van der Waals surface area contributed by atoms with Gasteiger partial charge in [0.15, 0.2) is 0 Å². The lowest BCUT2D eigenvalue weighted by atomic mass is 10.3. The molecule has 0 spiro atoms. The lowest BCUT2D eigenvalue weighted by molar-refractivity contribution is 1.05. The van der Waals surface area contributed by atoms with Gasteiger partial charge in [0, 0.05) is 23.7 Å². The number of hydrogen-bond donors (Lipinski definition) is 1. The van der Waals surface area contributed by atoms with Crippen molar-refractivity contribution < 1.29 is 0 Å². The largest absolute Gasteiger partial charge is 0.397 e. The van der Waals surface area contributed by atoms with Crippen LogP contribution in [0.1, 0.15) is 10.7 Å². The van der Waals surface area contributed by atoms with Gasteiger partial charge in [-0.05, 0) is 12.1 Å². The van der Waals surface area contributed by atoms with Crippen molar-refractivity contribution in [1.29, 1.82) is 0 Å². The molecule has 2 N–H and O–H groups in total. The fourth-order valence-corrected chi connectivity index (χ4v) is 1.67. The molecule has 4 heteroatoms. The van der Waals surface area contributed by atoms with Gasteiger partial charge in [0.25, 0.3) is 0 Å². The molecule has 66 valence electrons. The van der Waals surface area contributed by atoms with Crippen LogP contribution in [0, 0.1) is 0 Å². The standard InChI is InChI=1S/C9H9N3S/c10-7-1-2-8(12-6-7)5-9-11-3-4-13-9/h1-4,6H,5,10H2. The molecule has 0 aliphatic heterocycles. The van der Waals surface area contributed by atoms with Gasteiger partial charge in [0.1, 0.15) is 0 Å². The Kier molecular flexibility index (Phi) is 2.23. The fourth-order valence-electron chi connectivity index (χ4n) is 1.04. The van der Waals surface area contributed by atoms with Gasteiger partial charge in [-0.2, -0.15) is 0 Å². The van der Waals surface area contributed by atoms with Crippen LogP contribution in [0.15, 0.2) is 29.9 Å². The zero-order valence-corrected chi connectivity index (χ0v) is 7.79. The van der Waals surface area contributed by atoms with Crippen molar-refractivity contribution in [1.82, 2.24) is 9.97 Å². The first kappa shape index (κ1) is 8.19. The Morgan fingerprint density at radius 1 is 1.31 bits per heavy atom. The van der Waals surface area contributed by atoms with Gasteiger partial charge in [-0.15, -0.1) is 11.3 Å². The van der Waals surface area contributed by atoms with E-state index in [0.717, 1.165) is 17.1 Å². The Labute approximate surface area is 80.3 Å². The van der Waals surface area contributed by atoms with E-state index in [1.165, 1.54) is 0 Å². The van der Waals surface area contributed by atoms with Crippen LogP contribution < -0.4 is 5.73 Å². The zero-order chi connectivity index (χ0) is 9.10. The van der Waals surface area contributed by atoms with Crippen LogP contribution >= 0.6 is 11.3 Å². The molecular formula is C9H9N3S. The molecular weight excluding hydrogens is 182 g/mol. The van der Waals surface area contributed by atoms with Crippen molar-refractivity contribution in [2.24, 2.45) is 0 Å². The Hall–Kier alpha value is -1.42. The molecule has 2 heterocycles. The smallest absolute Gasteiger partial charge is 0.0984 e. The van der Waals surface area contributed by atoms with Crippen LogP contribution in [0.2, 0.25) is 0 Å². The Balaban J connectivity index is 2.15. The van der Waals surface area contributed by atoms with E-state index in [4.69, 9.17) is 5.73 Å². The average Bonchev–Trinajstić information content (AvgIpc) is 2.62. The summed E-state index contributed by atoms with van der Waals surface area (Å²) in [4.78, 5) is 8.38. The van der Waals surface area contributed by atoms with Gasteiger partial charge in [-0.3, -0.25) is 4.98 Å². The second-order valence-corrected chi connectivity index (χ2v) is 3.66. The third kappa shape index (κ3) is 2.03.